The SMILES string of the molecule is c1ccc(-c2ccc(N(c3ccccc3)c3ccc(-c4sc5cc6c(-c7ccccc7)c(-c7ccc(N(c8ccccc8)c8ccc(-c9ccccc9)cc8)cc7)sc6cc5c4-c4ccccc4)cc3)cc2)cc1. The average molecular weight is 981 g/mol. The minimum absolute atomic E-state index is 1.11. The predicted molar refractivity (Wildman–Crippen MR) is 319 cm³/mol. The van der Waals surface area contributed by atoms with E-state index in [0.717, 1.165) is 34.1 Å². The van der Waals surface area contributed by atoms with Gasteiger partial charge in [-0.15, -0.1) is 22.7 Å². The fourth-order valence-corrected chi connectivity index (χ4v) is 12.8. The molecule has 0 aliphatic carbocycles. The van der Waals surface area contributed by atoms with Gasteiger partial charge in [0.1, 0.15) is 0 Å². The van der Waals surface area contributed by atoms with Crippen molar-refractivity contribution in [1.82, 2.24) is 0 Å². The summed E-state index contributed by atoms with van der Waals surface area (Å²) in [5.41, 5.74) is 18.9. The van der Waals surface area contributed by atoms with Crippen LogP contribution in [-0.2, 0) is 0 Å². The lowest BCUT2D eigenvalue weighted by Gasteiger charge is -2.26. The molecule has 0 amide bonds. The van der Waals surface area contributed by atoms with E-state index in [9.17, 15) is 0 Å². The minimum Gasteiger partial charge on any atom is -0.311 e. The Morgan fingerprint density at radius 2 is 0.432 bits per heavy atom. The zero-order valence-corrected chi connectivity index (χ0v) is 42.1. The van der Waals surface area contributed by atoms with E-state index in [1.165, 1.54) is 85.6 Å². The molecule has 0 radical (unpaired) electrons. The second kappa shape index (κ2) is 19.9. The van der Waals surface area contributed by atoms with Crippen LogP contribution in [0.1, 0.15) is 0 Å². The molecule has 13 aromatic rings. The Kier molecular flexibility index (Phi) is 12.0. The zero-order valence-electron chi connectivity index (χ0n) is 40.4. The van der Waals surface area contributed by atoms with Gasteiger partial charge in [-0.25, -0.2) is 0 Å². The molecule has 4 heteroatoms. The first-order valence-electron chi connectivity index (χ1n) is 25.1. The molecule has 0 saturated carbocycles. The summed E-state index contributed by atoms with van der Waals surface area (Å²) >= 11 is 3.78. The van der Waals surface area contributed by atoms with E-state index in [0.29, 0.717) is 0 Å². The van der Waals surface area contributed by atoms with Crippen LogP contribution in [0.2, 0.25) is 0 Å². The molecule has 0 bridgehead atoms. The Morgan fingerprint density at radius 1 is 0.203 bits per heavy atom. The fraction of sp³-hybridized carbons (Fsp3) is 0. The molecule has 0 fully saturated rings. The summed E-state index contributed by atoms with van der Waals surface area (Å²) in [6, 6.07) is 105. The van der Waals surface area contributed by atoms with Crippen molar-refractivity contribution in [2.24, 2.45) is 0 Å². The van der Waals surface area contributed by atoms with Crippen LogP contribution < -0.4 is 9.80 Å². The molecule has 0 spiro atoms. The van der Waals surface area contributed by atoms with Crippen LogP contribution in [0.3, 0.4) is 0 Å². The number of thiophene rings is 2. The zero-order chi connectivity index (χ0) is 49.2. The molecular weight excluding hydrogens is 933 g/mol. The Hall–Kier alpha value is -9.06. The van der Waals surface area contributed by atoms with E-state index in [1.54, 1.807) is 0 Å². The van der Waals surface area contributed by atoms with Crippen LogP contribution in [0.5, 0.6) is 0 Å². The summed E-state index contributed by atoms with van der Waals surface area (Å²) in [5, 5.41) is 2.55. The van der Waals surface area contributed by atoms with E-state index >= 15 is 0 Å². The molecule has 0 unspecified atom stereocenters. The number of hydrogen-bond acceptors (Lipinski definition) is 4. The molecule has 0 saturated heterocycles. The third-order valence-corrected chi connectivity index (χ3v) is 16.3. The van der Waals surface area contributed by atoms with Crippen molar-refractivity contribution < 1.29 is 0 Å². The topological polar surface area (TPSA) is 6.48 Å². The van der Waals surface area contributed by atoms with Crippen molar-refractivity contribution in [1.29, 1.82) is 0 Å². The summed E-state index contributed by atoms with van der Waals surface area (Å²) in [7, 11) is 0. The molecule has 350 valence electrons. The number of para-hydroxylation sites is 2. The molecule has 2 heterocycles. The lowest BCUT2D eigenvalue weighted by molar-refractivity contribution is 1.28. The maximum Gasteiger partial charge on any atom is 0.0462 e. The molecule has 0 aliphatic rings. The molecule has 0 N–H and O–H groups in total. The van der Waals surface area contributed by atoms with Crippen LogP contribution in [0.25, 0.3) is 85.6 Å². The van der Waals surface area contributed by atoms with Gasteiger partial charge in [0.15, 0.2) is 0 Å². The first-order valence-corrected chi connectivity index (χ1v) is 26.7. The van der Waals surface area contributed by atoms with Gasteiger partial charge in [-0.2, -0.15) is 0 Å². The Morgan fingerprint density at radius 3 is 0.730 bits per heavy atom. The van der Waals surface area contributed by atoms with E-state index < -0.39 is 0 Å². The number of anilines is 6. The second-order valence-electron chi connectivity index (χ2n) is 18.5. The monoisotopic (exact) mass is 980 g/mol. The molecule has 2 nitrogen and oxygen atoms in total. The maximum absolute atomic E-state index is 2.46. The number of hydrogen-bond donors (Lipinski definition) is 0. The van der Waals surface area contributed by atoms with E-state index in [-0.39, 0.29) is 0 Å². The first-order chi connectivity index (χ1) is 36.7. The normalized spacial score (nSPS) is 11.2. The Bertz CT molecular complexity index is 3720. The van der Waals surface area contributed by atoms with Crippen molar-refractivity contribution in [2.45, 2.75) is 0 Å². The van der Waals surface area contributed by atoms with E-state index in [4.69, 9.17) is 0 Å². The largest absolute Gasteiger partial charge is 0.311 e. The van der Waals surface area contributed by atoms with Crippen LogP contribution in [-0.4, -0.2) is 0 Å². The van der Waals surface area contributed by atoms with Gasteiger partial charge in [0, 0.05) is 75.2 Å². The van der Waals surface area contributed by atoms with Crippen molar-refractivity contribution in [2.75, 3.05) is 9.80 Å². The molecule has 2 aromatic heterocycles. The quantitative estimate of drug-likeness (QED) is 0.120. The van der Waals surface area contributed by atoms with Gasteiger partial charge in [0.25, 0.3) is 0 Å². The third kappa shape index (κ3) is 8.66. The van der Waals surface area contributed by atoms with Gasteiger partial charge in [-0.05, 0) is 129 Å². The Balaban J connectivity index is 0.893. The summed E-state index contributed by atoms with van der Waals surface area (Å²) in [6.45, 7) is 0. The summed E-state index contributed by atoms with van der Waals surface area (Å²) in [6.07, 6.45) is 0. The minimum atomic E-state index is 1.11. The molecular formula is C70H48N2S2. The highest BCUT2D eigenvalue weighted by Gasteiger charge is 2.23. The van der Waals surface area contributed by atoms with Crippen LogP contribution in [0.4, 0.5) is 34.1 Å². The van der Waals surface area contributed by atoms with Gasteiger partial charge in [0.2, 0.25) is 0 Å². The average Bonchev–Trinajstić information content (AvgIpc) is 4.06. The van der Waals surface area contributed by atoms with Crippen molar-refractivity contribution in [3.63, 3.8) is 0 Å². The molecule has 0 aliphatic heterocycles. The predicted octanol–water partition coefficient (Wildman–Crippen LogP) is 21.1. The lowest BCUT2D eigenvalue weighted by atomic mass is 9.96. The van der Waals surface area contributed by atoms with Gasteiger partial charge in [0.05, 0.1) is 0 Å². The molecule has 11 aromatic carbocycles. The van der Waals surface area contributed by atoms with Gasteiger partial charge < -0.3 is 9.80 Å². The summed E-state index contributed by atoms with van der Waals surface area (Å²) < 4.78 is 2.54. The number of nitrogens with zero attached hydrogens (tertiary/aromatic N) is 2. The highest BCUT2D eigenvalue weighted by molar-refractivity contribution is 7.24. The van der Waals surface area contributed by atoms with Crippen molar-refractivity contribution in [3.05, 3.63) is 291 Å². The van der Waals surface area contributed by atoms with E-state index in [1.807, 2.05) is 22.7 Å². The lowest BCUT2D eigenvalue weighted by Crippen LogP contribution is -2.09. The second-order valence-corrected chi connectivity index (χ2v) is 20.6. The van der Waals surface area contributed by atoms with Gasteiger partial charge in [-0.1, -0.05) is 206 Å². The molecule has 74 heavy (non-hydrogen) atoms. The number of benzene rings is 11. The van der Waals surface area contributed by atoms with Crippen LogP contribution in [0.15, 0.2) is 291 Å². The van der Waals surface area contributed by atoms with Crippen LogP contribution >= 0.6 is 22.7 Å². The fourth-order valence-electron chi connectivity index (χ4n) is 10.3. The van der Waals surface area contributed by atoms with E-state index in [2.05, 4.69) is 301 Å². The maximum atomic E-state index is 2.46. The number of fused-ring (bicyclic) bond motifs is 2. The van der Waals surface area contributed by atoms with Crippen LogP contribution in [0, 0.1) is 0 Å². The Labute approximate surface area is 440 Å². The first kappa shape index (κ1) is 44.8. The molecule has 13 rings (SSSR count). The molecule has 0 atom stereocenters. The standard InChI is InChI=1S/C70H48N2S2/c1-7-19-49(20-8-1)51-31-39-59(40-32-51)71(57-27-15-5-16-28-57)61-43-35-55(36-44-61)69-67(53-23-11-3-12-24-53)63-47-66-64(48-65(63)73-69)68(54-25-13-4-14-26-54)70(74-66)56-37-45-62(46-38-56)72(58-29-17-6-18-30-58)60-41-33-52(34-42-60)50-21-9-2-10-22-50/h1-48H. The van der Waals surface area contributed by atoms with Crippen molar-refractivity contribution >= 4 is 77.0 Å². The number of rotatable bonds is 12. The van der Waals surface area contributed by atoms with Gasteiger partial charge >= 0.3 is 0 Å². The highest BCUT2D eigenvalue weighted by atomic mass is 32.1. The van der Waals surface area contributed by atoms with Gasteiger partial charge in [-0.3, -0.25) is 0 Å². The van der Waals surface area contributed by atoms with Crippen molar-refractivity contribution in [3.8, 4) is 65.4 Å². The third-order valence-electron chi connectivity index (χ3n) is 13.9. The highest BCUT2D eigenvalue weighted by Crippen LogP contribution is 2.52. The summed E-state index contributed by atoms with van der Waals surface area (Å²) in [5.74, 6) is 0. The smallest absolute Gasteiger partial charge is 0.0462 e. The summed E-state index contributed by atoms with van der Waals surface area (Å²) in [4.78, 5) is 7.22.